The number of hydrogen-bond acceptors (Lipinski definition) is 4. The predicted octanol–water partition coefficient (Wildman–Crippen LogP) is 1.80. The number of carbonyl (C=O) groups is 1. The summed E-state index contributed by atoms with van der Waals surface area (Å²) in [6.07, 6.45) is 5.08. The van der Waals surface area contributed by atoms with Gasteiger partial charge in [0.25, 0.3) is 0 Å². The van der Waals surface area contributed by atoms with E-state index in [2.05, 4.69) is 17.2 Å². The van der Waals surface area contributed by atoms with Gasteiger partial charge >= 0.3 is 0 Å². The molecule has 4 nitrogen and oxygen atoms in total. The van der Waals surface area contributed by atoms with Crippen LogP contribution in [0.25, 0.3) is 0 Å². The predicted molar refractivity (Wildman–Crippen MR) is 68.9 cm³/mol. The fraction of sp³-hybridized carbons (Fsp3) is 0.667. The molecule has 0 spiro atoms. The Morgan fingerprint density at radius 1 is 1.71 bits per heavy atom. The number of nitrogens with zero attached hydrogens (tertiary/aromatic N) is 2. The lowest BCUT2D eigenvalue weighted by molar-refractivity contribution is -0.129. The molecule has 1 N–H and O–H groups in total. The van der Waals surface area contributed by atoms with Crippen molar-refractivity contribution >= 4 is 17.2 Å². The van der Waals surface area contributed by atoms with Gasteiger partial charge in [-0.3, -0.25) is 10.1 Å². The maximum atomic E-state index is 11.9. The van der Waals surface area contributed by atoms with Crippen molar-refractivity contribution in [1.82, 2.24) is 15.2 Å². The molecule has 1 fully saturated rings. The lowest BCUT2D eigenvalue weighted by atomic mass is 10.2. The molecular formula is C12H19N3OS. The second-order valence-electron chi connectivity index (χ2n) is 4.45. The van der Waals surface area contributed by atoms with Crippen LogP contribution in [-0.4, -0.2) is 35.4 Å². The molecule has 0 bridgehead atoms. The molecule has 94 valence electrons. The largest absolute Gasteiger partial charge is 0.342 e. The van der Waals surface area contributed by atoms with Gasteiger partial charge in [-0.25, -0.2) is 4.98 Å². The van der Waals surface area contributed by atoms with Crippen molar-refractivity contribution in [3.63, 3.8) is 0 Å². The first-order valence-corrected chi connectivity index (χ1v) is 6.98. The Kier molecular flexibility index (Phi) is 4.12. The van der Waals surface area contributed by atoms with Gasteiger partial charge in [0, 0.05) is 24.7 Å². The molecule has 1 amide bonds. The number of hydrogen-bond donors (Lipinski definition) is 1. The van der Waals surface area contributed by atoms with Crippen molar-refractivity contribution in [2.24, 2.45) is 0 Å². The Balaban J connectivity index is 1.81. The first-order valence-electron chi connectivity index (χ1n) is 6.10. The summed E-state index contributed by atoms with van der Waals surface area (Å²) in [7, 11) is 1.89. The number of amides is 1. The highest BCUT2D eigenvalue weighted by Gasteiger charge is 2.29. The summed E-state index contributed by atoms with van der Waals surface area (Å²) in [5.74, 6) is 0.183. The number of aromatic nitrogens is 1. The quantitative estimate of drug-likeness (QED) is 0.841. The summed E-state index contributed by atoms with van der Waals surface area (Å²) in [4.78, 5) is 18.0. The maximum Gasteiger partial charge on any atom is 0.236 e. The molecule has 0 saturated heterocycles. The molecule has 1 aliphatic rings. The number of thiazole rings is 1. The van der Waals surface area contributed by atoms with E-state index in [0.717, 1.165) is 24.3 Å². The third kappa shape index (κ3) is 3.26. The monoisotopic (exact) mass is 253 g/mol. The van der Waals surface area contributed by atoms with Gasteiger partial charge in [-0.15, -0.1) is 11.3 Å². The summed E-state index contributed by atoms with van der Waals surface area (Å²) in [5, 5.41) is 6.33. The van der Waals surface area contributed by atoms with Gasteiger partial charge in [0.15, 0.2) is 0 Å². The summed E-state index contributed by atoms with van der Waals surface area (Å²) < 4.78 is 0. The van der Waals surface area contributed by atoms with Crippen LogP contribution in [-0.2, 0) is 4.79 Å². The summed E-state index contributed by atoms with van der Waals surface area (Å²) in [5.41, 5.74) is 0. The van der Waals surface area contributed by atoms with Crippen LogP contribution in [0.15, 0.2) is 11.6 Å². The minimum absolute atomic E-state index is 0.183. The molecule has 5 heteroatoms. The van der Waals surface area contributed by atoms with Gasteiger partial charge in [0.05, 0.1) is 12.6 Å². The minimum Gasteiger partial charge on any atom is -0.342 e. The van der Waals surface area contributed by atoms with Gasteiger partial charge in [0.1, 0.15) is 5.01 Å². The van der Waals surface area contributed by atoms with E-state index in [4.69, 9.17) is 0 Å². The number of likely N-dealkylation sites (N-methyl/N-ethyl adjacent to an activating group) is 1. The average Bonchev–Trinajstić information content (AvgIpc) is 3.05. The van der Waals surface area contributed by atoms with Gasteiger partial charge in [-0.05, 0) is 19.3 Å². The topological polar surface area (TPSA) is 45.2 Å². The molecule has 1 saturated carbocycles. The Hall–Kier alpha value is -0.940. The van der Waals surface area contributed by atoms with E-state index in [1.807, 2.05) is 23.5 Å². The third-order valence-electron chi connectivity index (χ3n) is 3.15. The normalized spacial score (nSPS) is 16.8. The van der Waals surface area contributed by atoms with Crippen LogP contribution < -0.4 is 5.32 Å². The van der Waals surface area contributed by atoms with Crippen molar-refractivity contribution < 1.29 is 4.79 Å². The molecule has 17 heavy (non-hydrogen) atoms. The molecule has 1 atom stereocenters. The Labute approximate surface area is 106 Å². The SMILES string of the molecule is CCC(NCC(=O)N(C)C1CC1)c1nccs1. The molecule has 1 unspecified atom stereocenters. The van der Waals surface area contributed by atoms with Crippen molar-refractivity contribution in [1.29, 1.82) is 0 Å². The van der Waals surface area contributed by atoms with Crippen molar-refractivity contribution in [3.05, 3.63) is 16.6 Å². The van der Waals surface area contributed by atoms with Crippen LogP contribution in [0.3, 0.4) is 0 Å². The molecule has 1 aromatic heterocycles. The van der Waals surface area contributed by atoms with E-state index in [1.165, 1.54) is 0 Å². The highest BCUT2D eigenvalue weighted by Crippen LogP contribution is 2.25. The zero-order chi connectivity index (χ0) is 12.3. The van der Waals surface area contributed by atoms with Gasteiger partial charge in [0.2, 0.25) is 5.91 Å². The molecule has 0 radical (unpaired) electrons. The zero-order valence-corrected chi connectivity index (χ0v) is 11.2. The highest BCUT2D eigenvalue weighted by molar-refractivity contribution is 7.09. The first kappa shape index (κ1) is 12.5. The zero-order valence-electron chi connectivity index (χ0n) is 10.3. The maximum absolute atomic E-state index is 11.9. The van der Waals surface area contributed by atoms with Gasteiger partial charge in [-0.1, -0.05) is 6.92 Å². The van der Waals surface area contributed by atoms with Crippen molar-refractivity contribution in [2.75, 3.05) is 13.6 Å². The van der Waals surface area contributed by atoms with Crippen LogP contribution in [0.5, 0.6) is 0 Å². The second-order valence-corrected chi connectivity index (χ2v) is 5.37. The van der Waals surface area contributed by atoms with E-state index in [9.17, 15) is 4.79 Å². The average molecular weight is 253 g/mol. The fourth-order valence-electron chi connectivity index (χ4n) is 1.81. The Morgan fingerprint density at radius 2 is 2.47 bits per heavy atom. The Morgan fingerprint density at radius 3 is 3.00 bits per heavy atom. The minimum atomic E-state index is 0.183. The number of carbonyl (C=O) groups excluding carboxylic acids is 1. The molecule has 1 aliphatic carbocycles. The summed E-state index contributed by atoms with van der Waals surface area (Å²) >= 11 is 1.64. The number of rotatable bonds is 6. The first-order chi connectivity index (χ1) is 8.22. The highest BCUT2D eigenvalue weighted by atomic mass is 32.1. The van der Waals surface area contributed by atoms with Gasteiger partial charge in [-0.2, -0.15) is 0 Å². The van der Waals surface area contributed by atoms with Crippen LogP contribution >= 0.6 is 11.3 Å². The van der Waals surface area contributed by atoms with E-state index in [0.29, 0.717) is 12.6 Å². The lowest BCUT2D eigenvalue weighted by Crippen LogP contribution is -2.38. The molecule has 0 aliphatic heterocycles. The lowest BCUT2D eigenvalue weighted by Gasteiger charge is -2.19. The van der Waals surface area contributed by atoms with Crippen LogP contribution in [0.1, 0.15) is 37.2 Å². The van der Waals surface area contributed by atoms with Crippen molar-refractivity contribution in [3.8, 4) is 0 Å². The van der Waals surface area contributed by atoms with Crippen molar-refractivity contribution in [2.45, 2.75) is 38.3 Å². The van der Waals surface area contributed by atoms with Gasteiger partial charge < -0.3 is 4.90 Å². The molecule has 2 rings (SSSR count). The fourth-order valence-corrected chi connectivity index (χ4v) is 2.61. The summed E-state index contributed by atoms with van der Waals surface area (Å²) in [6, 6.07) is 0.691. The van der Waals surface area contributed by atoms with Crippen LogP contribution in [0.4, 0.5) is 0 Å². The van der Waals surface area contributed by atoms with E-state index in [-0.39, 0.29) is 11.9 Å². The standard InChI is InChI=1S/C12H19N3OS/c1-3-10(12-13-6-7-17-12)14-8-11(16)15(2)9-4-5-9/h6-7,9-10,14H,3-5,8H2,1-2H3. The van der Waals surface area contributed by atoms with E-state index in [1.54, 1.807) is 11.3 Å². The molecular weight excluding hydrogens is 234 g/mol. The smallest absolute Gasteiger partial charge is 0.236 e. The second kappa shape index (κ2) is 5.60. The third-order valence-corrected chi connectivity index (χ3v) is 4.03. The molecule has 1 aromatic rings. The van der Waals surface area contributed by atoms with E-state index >= 15 is 0 Å². The van der Waals surface area contributed by atoms with Crippen LogP contribution in [0, 0.1) is 0 Å². The molecule has 0 aromatic carbocycles. The summed E-state index contributed by atoms with van der Waals surface area (Å²) in [6.45, 7) is 2.51. The molecule has 1 heterocycles. The van der Waals surface area contributed by atoms with E-state index < -0.39 is 0 Å². The Bertz CT molecular complexity index is 362. The van der Waals surface area contributed by atoms with Crippen LogP contribution in [0.2, 0.25) is 0 Å². The number of nitrogens with one attached hydrogen (secondary N) is 1.